The van der Waals surface area contributed by atoms with E-state index in [1.54, 1.807) is 0 Å². The van der Waals surface area contributed by atoms with E-state index in [2.05, 4.69) is 15.5 Å². The molecule has 3 saturated heterocycles. The first kappa shape index (κ1) is 27.8. The molecule has 0 saturated carbocycles. The monoisotopic (exact) mass is 557 g/mol. The summed E-state index contributed by atoms with van der Waals surface area (Å²) in [7, 11) is 0. The van der Waals surface area contributed by atoms with Crippen LogP contribution in [0.3, 0.4) is 0 Å². The number of nitrogens with zero attached hydrogens (tertiary/aromatic N) is 3. The third-order valence-corrected chi connectivity index (χ3v) is 9.06. The number of imide groups is 1. The second-order valence-corrected chi connectivity index (χ2v) is 12.7. The minimum atomic E-state index is -1.11. The Balaban J connectivity index is 1.28. The minimum Gasteiger partial charge on any atom is -0.431 e. The van der Waals surface area contributed by atoms with E-state index in [1.165, 1.54) is 16.2 Å². The van der Waals surface area contributed by atoms with Crippen molar-refractivity contribution >= 4 is 44.3 Å². The molecule has 3 aliphatic rings. The summed E-state index contributed by atoms with van der Waals surface area (Å²) in [5.41, 5.74) is -1.15. The molecule has 4 heterocycles. The minimum absolute atomic E-state index is 0.0482. The highest BCUT2D eigenvalue weighted by Crippen LogP contribution is 2.39. The van der Waals surface area contributed by atoms with Crippen molar-refractivity contribution in [3.05, 3.63) is 29.8 Å². The number of benzene rings is 1. The Labute approximate surface area is 233 Å². The number of aliphatic hydroxyl groups excluding tert-OH is 1. The van der Waals surface area contributed by atoms with Gasteiger partial charge in [-0.15, -0.1) is 11.3 Å². The quantitative estimate of drug-likeness (QED) is 0.463. The third-order valence-electron chi connectivity index (χ3n) is 7.96. The van der Waals surface area contributed by atoms with Crippen LogP contribution in [0.2, 0.25) is 0 Å². The first-order chi connectivity index (χ1) is 18.5. The predicted octanol–water partition coefficient (Wildman–Crippen LogP) is 3.42. The van der Waals surface area contributed by atoms with Crippen molar-refractivity contribution in [3.8, 4) is 0 Å². The van der Waals surface area contributed by atoms with Crippen LogP contribution in [0.1, 0.15) is 63.7 Å². The smallest absolute Gasteiger partial charge is 0.418 e. The lowest BCUT2D eigenvalue weighted by atomic mass is 9.88. The number of hydrogen-bond donors (Lipinski definition) is 3. The van der Waals surface area contributed by atoms with Gasteiger partial charge in [-0.3, -0.25) is 19.8 Å². The van der Waals surface area contributed by atoms with Gasteiger partial charge in [0.15, 0.2) is 6.35 Å². The summed E-state index contributed by atoms with van der Waals surface area (Å²) in [5, 5.41) is 17.8. The molecule has 2 aromatic rings. The van der Waals surface area contributed by atoms with Crippen LogP contribution in [0.15, 0.2) is 24.3 Å². The number of hydrogen-bond acceptors (Lipinski definition) is 9. The Bertz CT molecular complexity index is 1250. The van der Waals surface area contributed by atoms with Crippen LogP contribution in [0.5, 0.6) is 0 Å². The predicted molar refractivity (Wildman–Crippen MR) is 151 cm³/mol. The summed E-state index contributed by atoms with van der Waals surface area (Å²) in [6.07, 6.45) is 1.36. The molecule has 212 valence electrons. The standard InChI is InChI=1S/C28H39N5O5S/c1-5-29-25(36)30-22-21(19-9-6-7-10-20(19)39-22)23(34)31-15-11-18(12-16-31)32-14-8-13-28(17-32)24(35)33(26(37)38-28)27(2,3)4/h6-7,9-10,18,25,29-30,36H,5,8,11-17H2,1-4H3. The molecule has 3 N–H and O–H groups in total. The Morgan fingerprint density at radius 2 is 1.92 bits per heavy atom. The molecule has 3 amide bonds. The van der Waals surface area contributed by atoms with Crippen molar-refractivity contribution in [2.75, 3.05) is 38.0 Å². The molecule has 1 aromatic heterocycles. The highest BCUT2D eigenvalue weighted by molar-refractivity contribution is 7.23. The van der Waals surface area contributed by atoms with E-state index in [4.69, 9.17) is 4.74 Å². The normalized spacial score (nSPS) is 24.0. The topological polar surface area (TPSA) is 114 Å². The lowest BCUT2D eigenvalue weighted by Gasteiger charge is -2.44. The molecule has 1 spiro atoms. The van der Waals surface area contributed by atoms with Gasteiger partial charge in [-0.05, 0) is 65.6 Å². The van der Waals surface area contributed by atoms with Gasteiger partial charge in [0.25, 0.3) is 11.8 Å². The van der Waals surface area contributed by atoms with Crippen LogP contribution in [0.4, 0.5) is 9.80 Å². The van der Waals surface area contributed by atoms with Crippen molar-refractivity contribution in [1.29, 1.82) is 0 Å². The first-order valence-electron chi connectivity index (χ1n) is 13.8. The van der Waals surface area contributed by atoms with Crippen molar-refractivity contribution in [2.45, 2.75) is 76.9 Å². The van der Waals surface area contributed by atoms with Crippen LogP contribution in [-0.4, -0.2) is 94.0 Å². The number of piperidine rings is 2. The van der Waals surface area contributed by atoms with Gasteiger partial charge in [0.05, 0.1) is 5.56 Å². The van der Waals surface area contributed by atoms with Gasteiger partial charge in [-0.25, -0.2) is 9.69 Å². The molecular weight excluding hydrogens is 518 g/mol. The summed E-state index contributed by atoms with van der Waals surface area (Å²) in [6, 6.07) is 8.00. The number of aliphatic hydroxyl groups is 1. The molecule has 2 atom stereocenters. The largest absolute Gasteiger partial charge is 0.431 e. The summed E-state index contributed by atoms with van der Waals surface area (Å²) >= 11 is 1.46. The van der Waals surface area contributed by atoms with Crippen LogP contribution in [0.25, 0.3) is 10.1 Å². The summed E-state index contributed by atoms with van der Waals surface area (Å²) in [4.78, 5) is 45.2. The summed E-state index contributed by atoms with van der Waals surface area (Å²) < 4.78 is 6.76. The maximum Gasteiger partial charge on any atom is 0.418 e. The molecule has 0 radical (unpaired) electrons. The first-order valence-corrected chi connectivity index (χ1v) is 14.7. The second kappa shape index (κ2) is 10.7. The second-order valence-electron chi connectivity index (χ2n) is 11.7. The highest BCUT2D eigenvalue weighted by atomic mass is 32.1. The van der Waals surface area contributed by atoms with Crippen molar-refractivity contribution < 1.29 is 24.2 Å². The maximum absolute atomic E-state index is 13.8. The van der Waals surface area contributed by atoms with Gasteiger partial charge in [0.1, 0.15) is 5.00 Å². The van der Waals surface area contributed by atoms with E-state index in [9.17, 15) is 19.5 Å². The number of carbonyl (C=O) groups excluding carboxylic acids is 3. The van der Waals surface area contributed by atoms with E-state index in [0.717, 1.165) is 35.9 Å². The molecule has 3 aliphatic heterocycles. The SMILES string of the molecule is CCNC(O)Nc1sc2ccccc2c1C(=O)N1CCC(N2CCCC3(C2)OC(=O)N(C(C)(C)C)C3=O)CC1. The zero-order chi connectivity index (χ0) is 27.9. The van der Waals surface area contributed by atoms with Crippen LogP contribution in [-0.2, 0) is 9.53 Å². The van der Waals surface area contributed by atoms with Crippen molar-refractivity contribution in [2.24, 2.45) is 0 Å². The molecule has 10 nitrogen and oxygen atoms in total. The average molecular weight is 558 g/mol. The number of anilines is 1. The number of amides is 3. The van der Waals surface area contributed by atoms with Gasteiger partial charge >= 0.3 is 6.09 Å². The fourth-order valence-electron chi connectivity index (χ4n) is 6.07. The maximum atomic E-state index is 13.8. The number of fused-ring (bicyclic) bond motifs is 1. The third kappa shape index (κ3) is 5.25. The zero-order valence-electron chi connectivity index (χ0n) is 23.2. The fourth-order valence-corrected chi connectivity index (χ4v) is 7.18. The van der Waals surface area contributed by atoms with Crippen molar-refractivity contribution in [3.63, 3.8) is 0 Å². The van der Waals surface area contributed by atoms with Crippen LogP contribution >= 0.6 is 11.3 Å². The van der Waals surface area contributed by atoms with E-state index < -0.39 is 23.6 Å². The number of carbonyl (C=O) groups is 3. The zero-order valence-corrected chi connectivity index (χ0v) is 24.0. The van der Waals surface area contributed by atoms with Gasteiger partial charge in [-0.2, -0.15) is 0 Å². The molecule has 3 fully saturated rings. The van der Waals surface area contributed by atoms with Crippen molar-refractivity contribution in [1.82, 2.24) is 20.0 Å². The van der Waals surface area contributed by atoms with Gasteiger partial charge in [0, 0.05) is 41.3 Å². The number of ether oxygens (including phenoxy) is 1. The van der Waals surface area contributed by atoms with Crippen LogP contribution < -0.4 is 10.6 Å². The van der Waals surface area contributed by atoms with Gasteiger partial charge < -0.3 is 20.1 Å². The summed E-state index contributed by atoms with van der Waals surface area (Å²) in [5.74, 6) is -0.283. The molecule has 1 aromatic carbocycles. The molecule has 0 bridgehead atoms. The Morgan fingerprint density at radius 3 is 2.59 bits per heavy atom. The van der Waals surface area contributed by atoms with Crippen LogP contribution in [0, 0.1) is 0 Å². The number of thiophene rings is 1. The molecule has 5 rings (SSSR count). The van der Waals surface area contributed by atoms with Gasteiger partial charge in [-0.1, -0.05) is 25.1 Å². The fraction of sp³-hybridized carbons (Fsp3) is 0.607. The number of nitrogens with one attached hydrogen (secondary N) is 2. The molecule has 0 aliphatic carbocycles. The Morgan fingerprint density at radius 1 is 1.21 bits per heavy atom. The lowest BCUT2D eigenvalue weighted by molar-refractivity contribution is -0.144. The molecular formula is C28H39N5O5S. The molecule has 11 heteroatoms. The van der Waals surface area contributed by atoms with E-state index >= 15 is 0 Å². The highest BCUT2D eigenvalue weighted by Gasteiger charge is 2.58. The van der Waals surface area contributed by atoms with E-state index in [1.807, 2.05) is 56.9 Å². The molecule has 39 heavy (non-hydrogen) atoms. The Hall–Kier alpha value is -2.73. The number of rotatable bonds is 6. The van der Waals surface area contributed by atoms with E-state index in [0.29, 0.717) is 43.2 Å². The van der Waals surface area contributed by atoms with E-state index in [-0.39, 0.29) is 17.9 Å². The average Bonchev–Trinajstić information content (AvgIpc) is 3.36. The Kier molecular flexibility index (Phi) is 7.62. The van der Waals surface area contributed by atoms with Gasteiger partial charge in [0.2, 0.25) is 5.60 Å². The lowest BCUT2D eigenvalue weighted by Crippen LogP contribution is -2.59. The summed E-state index contributed by atoms with van der Waals surface area (Å²) in [6.45, 7) is 10.4. The number of likely N-dealkylation sites (tertiary alicyclic amines) is 2. The molecule has 2 unspecified atom stereocenters.